The van der Waals surface area contributed by atoms with Crippen LogP contribution in [0.25, 0.3) is 0 Å². The maximum Gasteiger partial charge on any atom is 0.330 e. The van der Waals surface area contributed by atoms with E-state index in [4.69, 9.17) is 9.47 Å². The molecule has 0 radical (unpaired) electrons. The quantitative estimate of drug-likeness (QED) is 0.728. The Labute approximate surface area is 108 Å². The van der Waals surface area contributed by atoms with E-state index in [0.29, 0.717) is 18.8 Å². The molecule has 2 saturated heterocycles. The maximum absolute atomic E-state index is 11.9. The third kappa shape index (κ3) is 1.69. The van der Waals surface area contributed by atoms with Gasteiger partial charge in [-0.1, -0.05) is 0 Å². The zero-order chi connectivity index (χ0) is 13.6. The number of aromatic nitrogens is 2. The lowest BCUT2D eigenvalue weighted by Gasteiger charge is -2.31. The summed E-state index contributed by atoms with van der Waals surface area (Å²) in [6, 6.07) is 0. The van der Waals surface area contributed by atoms with Crippen LogP contribution in [-0.2, 0) is 9.47 Å². The number of H-pyrrole nitrogens is 1. The molecule has 0 aliphatic carbocycles. The fourth-order valence-corrected chi connectivity index (χ4v) is 2.93. The van der Waals surface area contributed by atoms with Gasteiger partial charge in [0.25, 0.3) is 5.56 Å². The van der Waals surface area contributed by atoms with E-state index in [1.165, 1.54) is 10.8 Å². The van der Waals surface area contributed by atoms with Gasteiger partial charge >= 0.3 is 5.69 Å². The van der Waals surface area contributed by atoms with E-state index in [9.17, 15) is 14.7 Å². The molecule has 0 saturated carbocycles. The number of ether oxygens (including phenoxy) is 2. The van der Waals surface area contributed by atoms with Crippen molar-refractivity contribution in [2.45, 2.75) is 25.2 Å². The number of aliphatic hydroxyl groups is 1. The van der Waals surface area contributed by atoms with Crippen LogP contribution in [0.4, 0.5) is 0 Å². The van der Waals surface area contributed by atoms with Crippen LogP contribution in [0.5, 0.6) is 0 Å². The minimum Gasteiger partial charge on any atom is -0.393 e. The van der Waals surface area contributed by atoms with Crippen LogP contribution in [0.3, 0.4) is 0 Å². The molecule has 1 aromatic rings. The van der Waals surface area contributed by atoms with Crippen LogP contribution >= 0.6 is 0 Å². The summed E-state index contributed by atoms with van der Waals surface area (Å²) in [7, 11) is 0. The molecule has 0 amide bonds. The van der Waals surface area contributed by atoms with Crippen molar-refractivity contribution in [3.63, 3.8) is 0 Å². The molecule has 2 N–H and O–H groups in total. The highest BCUT2D eigenvalue weighted by Gasteiger charge is 2.56. The van der Waals surface area contributed by atoms with Crippen molar-refractivity contribution in [1.82, 2.24) is 9.55 Å². The molecule has 2 aliphatic rings. The van der Waals surface area contributed by atoms with Crippen LogP contribution in [0.15, 0.2) is 15.8 Å². The predicted molar refractivity (Wildman–Crippen MR) is 64.9 cm³/mol. The topological polar surface area (TPSA) is 93.6 Å². The molecule has 2 fully saturated rings. The third-order valence-electron chi connectivity index (χ3n) is 4.05. The van der Waals surface area contributed by atoms with Gasteiger partial charge in [-0.25, -0.2) is 4.79 Å². The van der Waals surface area contributed by atoms with Gasteiger partial charge in [-0.15, -0.1) is 0 Å². The molecule has 0 spiro atoms. The molecule has 19 heavy (non-hydrogen) atoms. The fraction of sp³-hybridized carbons (Fsp3) is 0.667. The zero-order valence-electron chi connectivity index (χ0n) is 10.6. The number of aryl methyl sites for hydroxylation is 1. The zero-order valence-corrected chi connectivity index (χ0v) is 10.6. The average Bonchev–Trinajstić information content (AvgIpc) is 2.92. The van der Waals surface area contributed by atoms with Crippen LogP contribution < -0.4 is 11.2 Å². The Morgan fingerprint density at radius 3 is 3.11 bits per heavy atom. The number of nitrogens with zero attached hydrogens (tertiary/aromatic N) is 1. The molecule has 3 rings (SSSR count). The highest BCUT2D eigenvalue weighted by atomic mass is 16.6. The molecule has 7 nitrogen and oxygen atoms in total. The molecule has 104 valence electrons. The molecule has 2 aliphatic heterocycles. The van der Waals surface area contributed by atoms with E-state index in [1.54, 1.807) is 6.92 Å². The highest BCUT2D eigenvalue weighted by Crippen LogP contribution is 2.46. The number of aromatic amines is 1. The van der Waals surface area contributed by atoms with E-state index in [2.05, 4.69) is 4.98 Å². The molecule has 3 atom stereocenters. The first kappa shape index (κ1) is 12.6. The van der Waals surface area contributed by atoms with Gasteiger partial charge in [0, 0.05) is 24.3 Å². The van der Waals surface area contributed by atoms with Gasteiger partial charge in [0.2, 0.25) is 0 Å². The number of hydrogen-bond acceptors (Lipinski definition) is 5. The van der Waals surface area contributed by atoms with Crippen molar-refractivity contribution in [3.8, 4) is 0 Å². The summed E-state index contributed by atoms with van der Waals surface area (Å²) in [6.07, 6.45) is 1.55. The Morgan fingerprint density at radius 1 is 1.58 bits per heavy atom. The summed E-state index contributed by atoms with van der Waals surface area (Å²) in [5.74, 6) is 0.0710. The number of aliphatic hydroxyl groups excluding tert-OH is 1. The largest absolute Gasteiger partial charge is 0.393 e. The second-order valence-corrected chi connectivity index (χ2v) is 5.11. The Morgan fingerprint density at radius 2 is 2.37 bits per heavy atom. The monoisotopic (exact) mass is 268 g/mol. The molecule has 1 aromatic heterocycles. The summed E-state index contributed by atoms with van der Waals surface area (Å²) in [5.41, 5.74) is -1.43. The van der Waals surface area contributed by atoms with Gasteiger partial charge in [-0.05, 0) is 13.3 Å². The SMILES string of the molecule is Cc1cn(C2OCC3CCOC32CO)c(=O)[nH]c1=O. The lowest BCUT2D eigenvalue weighted by Crippen LogP contribution is -2.47. The average molecular weight is 268 g/mol. The molecule has 7 heteroatoms. The van der Waals surface area contributed by atoms with E-state index >= 15 is 0 Å². The van der Waals surface area contributed by atoms with E-state index in [0.717, 1.165) is 6.42 Å². The lowest BCUT2D eigenvalue weighted by molar-refractivity contribution is -0.130. The van der Waals surface area contributed by atoms with Crippen LogP contribution in [0.2, 0.25) is 0 Å². The summed E-state index contributed by atoms with van der Waals surface area (Å²) >= 11 is 0. The first-order valence-electron chi connectivity index (χ1n) is 6.27. The van der Waals surface area contributed by atoms with E-state index in [-0.39, 0.29) is 12.5 Å². The second-order valence-electron chi connectivity index (χ2n) is 5.11. The van der Waals surface area contributed by atoms with Gasteiger partial charge in [-0.2, -0.15) is 0 Å². The van der Waals surface area contributed by atoms with E-state index in [1.807, 2.05) is 0 Å². The van der Waals surface area contributed by atoms with Gasteiger partial charge in [0.1, 0.15) is 5.60 Å². The van der Waals surface area contributed by atoms with Crippen LogP contribution in [0, 0.1) is 12.8 Å². The molecule has 0 bridgehead atoms. The minimum atomic E-state index is -0.880. The molecule has 0 aromatic carbocycles. The molecular formula is C12H16N2O5. The standard InChI is InChI=1S/C12H16N2O5/c1-7-4-14(11(17)13-9(7)16)10-12(6-15)8(5-18-10)2-3-19-12/h4,8,10,15H,2-3,5-6H2,1H3,(H,13,16,17). The Bertz CT molecular complexity index is 607. The minimum absolute atomic E-state index is 0.0710. The van der Waals surface area contributed by atoms with Crippen molar-refractivity contribution < 1.29 is 14.6 Å². The summed E-state index contributed by atoms with van der Waals surface area (Å²) in [6.45, 7) is 2.38. The van der Waals surface area contributed by atoms with Crippen molar-refractivity contribution in [1.29, 1.82) is 0 Å². The molecular weight excluding hydrogens is 252 g/mol. The first-order chi connectivity index (χ1) is 9.08. The Kier molecular flexibility index (Phi) is 2.84. The summed E-state index contributed by atoms with van der Waals surface area (Å²) < 4.78 is 12.6. The van der Waals surface area contributed by atoms with Crippen molar-refractivity contribution in [2.24, 2.45) is 5.92 Å². The first-order valence-corrected chi connectivity index (χ1v) is 6.27. The smallest absolute Gasteiger partial charge is 0.330 e. The number of fused-ring (bicyclic) bond motifs is 1. The molecule has 3 unspecified atom stereocenters. The molecule has 3 heterocycles. The van der Waals surface area contributed by atoms with E-state index < -0.39 is 23.1 Å². The van der Waals surface area contributed by atoms with Crippen molar-refractivity contribution in [3.05, 3.63) is 32.6 Å². The number of rotatable bonds is 2. The second kappa shape index (κ2) is 4.29. The van der Waals surface area contributed by atoms with Gasteiger partial charge in [0.05, 0.1) is 13.2 Å². The Hall–Kier alpha value is -1.44. The van der Waals surface area contributed by atoms with Crippen molar-refractivity contribution in [2.75, 3.05) is 19.8 Å². The lowest BCUT2D eigenvalue weighted by atomic mass is 9.89. The summed E-state index contributed by atoms with van der Waals surface area (Å²) in [5, 5.41) is 9.68. The maximum atomic E-state index is 11.9. The van der Waals surface area contributed by atoms with Crippen LogP contribution in [-0.4, -0.2) is 40.1 Å². The van der Waals surface area contributed by atoms with Gasteiger partial charge in [-0.3, -0.25) is 14.3 Å². The highest BCUT2D eigenvalue weighted by molar-refractivity contribution is 5.06. The Balaban J connectivity index is 2.10. The normalized spacial score (nSPS) is 33.6. The van der Waals surface area contributed by atoms with Gasteiger partial charge in [0.15, 0.2) is 6.23 Å². The predicted octanol–water partition coefficient (Wildman–Crippen LogP) is -0.859. The third-order valence-corrected chi connectivity index (χ3v) is 4.05. The summed E-state index contributed by atoms with van der Waals surface area (Å²) in [4.78, 5) is 25.5. The fourth-order valence-electron chi connectivity index (χ4n) is 2.93. The van der Waals surface area contributed by atoms with Crippen molar-refractivity contribution >= 4 is 0 Å². The number of hydrogen-bond donors (Lipinski definition) is 2. The van der Waals surface area contributed by atoms with Crippen LogP contribution in [0.1, 0.15) is 18.2 Å². The van der Waals surface area contributed by atoms with Gasteiger partial charge < -0.3 is 14.6 Å². The number of nitrogens with one attached hydrogen (secondary N) is 1.